The number of anilines is 1. The zero-order chi connectivity index (χ0) is 19.4. The maximum Gasteiger partial charge on any atom is 0.387 e. The van der Waals surface area contributed by atoms with Gasteiger partial charge < -0.3 is 15.0 Å². The molecule has 0 radical (unpaired) electrons. The van der Waals surface area contributed by atoms with Crippen LogP contribution in [0.25, 0.3) is 0 Å². The van der Waals surface area contributed by atoms with Gasteiger partial charge in [-0.25, -0.2) is 0 Å². The van der Waals surface area contributed by atoms with Crippen LogP contribution in [0, 0.1) is 0 Å². The van der Waals surface area contributed by atoms with Gasteiger partial charge >= 0.3 is 6.61 Å². The van der Waals surface area contributed by atoms with Crippen LogP contribution >= 0.6 is 12.2 Å². The van der Waals surface area contributed by atoms with Crippen molar-refractivity contribution < 1.29 is 13.5 Å². The number of hydrogen-bond donors (Lipinski definition) is 1. The molecule has 0 saturated heterocycles. The summed E-state index contributed by atoms with van der Waals surface area (Å²) < 4.78 is 28.9. The second-order valence-electron chi connectivity index (χ2n) is 7.09. The molecule has 0 atom stereocenters. The summed E-state index contributed by atoms with van der Waals surface area (Å²) in [6, 6.07) is 15.5. The summed E-state index contributed by atoms with van der Waals surface area (Å²) >= 11 is 5.61. The van der Waals surface area contributed by atoms with E-state index in [0.717, 1.165) is 25.1 Å². The number of rotatable bonds is 7. The van der Waals surface area contributed by atoms with Crippen molar-refractivity contribution in [3.8, 4) is 5.75 Å². The van der Waals surface area contributed by atoms with Crippen molar-refractivity contribution in [2.75, 3.05) is 5.32 Å². The van der Waals surface area contributed by atoms with Gasteiger partial charge in [0.15, 0.2) is 5.11 Å². The number of thiocarbonyl (C=S) groups is 1. The van der Waals surface area contributed by atoms with Crippen molar-refractivity contribution in [1.82, 2.24) is 4.90 Å². The molecule has 2 aromatic carbocycles. The minimum Gasteiger partial charge on any atom is -0.435 e. The van der Waals surface area contributed by atoms with E-state index in [2.05, 4.69) is 53.1 Å². The van der Waals surface area contributed by atoms with Crippen LogP contribution in [0.4, 0.5) is 14.5 Å². The number of benzene rings is 2. The molecule has 1 aliphatic carbocycles. The summed E-state index contributed by atoms with van der Waals surface area (Å²) in [4.78, 5) is 2.20. The molecule has 0 aliphatic heterocycles. The zero-order valence-corrected chi connectivity index (χ0v) is 16.3. The van der Waals surface area contributed by atoms with Gasteiger partial charge in [-0.05, 0) is 66.4 Å². The lowest BCUT2D eigenvalue weighted by molar-refractivity contribution is -0.0498. The van der Waals surface area contributed by atoms with Gasteiger partial charge in [0, 0.05) is 18.3 Å². The first kappa shape index (κ1) is 19.5. The van der Waals surface area contributed by atoms with E-state index in [4.69, 9.17) is 12.2 Å². The molecular formula is C21H24F2N2OS. The Labute approximate surface area is 164 Å². The maximum absolute atomic E-state index is 12.2. The van der Waals surface area contributed by atoms with E-state index in [1.165, 1.54) is 23.3 Å². The third-order valence-corrected chi connectivity index (χ3v) is 4.92. The van der Waals surface area contributed by atoms with Gasteiger partial charge in [0.05, 0.1) is 0 Å². The van der Waals surface area contributed by atoms with E-state index in [9.17, 15) is 8.78 Å². The molecule has 6 heteroatoms. The molecule has 1 saturated carbocycles. The number of nitrogens with zero attached hydrogens (tertiary/aromatic N) is 1. The quantitative estimate of drug-likeness (QED) is 0.606. The highest BCUT2D eigenvalue weighted by molar-refractivity contribution is 7.80. The maximum atomic E-state index is 12.2. The normalized spacial score (nSPS) is 13.7. The number of ether oxygens (including phenoxy) is 1. The highest BCUT2D eigenvalue weighted by Crippen LogP contribution is 2.30. The van der Waals surface area contributed by atoms with Crippen LogP contribution in [0.15, 0.2) is 48.5 Å². The lowest BCUT2D eigenvalue weighted by atomic mass is 10.0. The van der Waals surface area contributed by atoms with Crippen LogP contribution < -0.4 is 10.1 Å². The van der Waals surface area contributed by atoms with E-state index in [1.807, 2.05) is 0 Å². The Morgan fingerprint density at radius 3 is 2.26 bits per heavy atom. The Hall–Kier alpha value is -2.21. The third kappa shape index (κ3) is 5.63. The number of nitrogens with one attached hydrogen (secondary N) is 1. The minimum absolute atomic E-state index is 0.130. The Bertz CT molecular complexity index is 759. The zero-order valence-electron chi connectivity index (χ0n) is 15.5. The van der Waals surface area contributed by atoms with Gasteiger partial charge in [-0.2, -0.15) is 8.78 Å². The summed E-state index contributed by atoms with van der Waals surface area (Å²) in [5, 5.41) is 3.85. The van der Waals surface area contributed by atoms with Crippen molar-refractivity contribution in [1.29, 1.82) is 0 Å². The number of hydrogen-bond acceptors (Lipinski definition) is 2. The summed E-state index contributed by atoms with van der Waals surface area (Å²) in [5.74, 6) is 0.643. The number of halogens is 2. The van der Waals surface area contributed by atoms with Gasteiger partial charge in [0.25, 0.3) is 0 Å². The van der Waals surface area contributed by atoms with Crippen molar-refractivity contribution in [3.63, 3.8) is 0 Å². The van der Waals surface area contributed by atoms with Crippen LogP contribution in [0.3, 0.4) is 0 Å². The predicted molar refractivity (Wildman–Crippen MR) is 108 cm³/mol. The van der Waals surface area contributed by atoms with Gasteiger partial charge in [0.2, 0.25) is 0 Å². The molecule has 2 aromatic rings. The van der Waals surface area contributed by atoms with Crippen LogP contribution in [-0.4, -0.2) is 22.7 Å². The Balaban J connectivity index is 1.63. The molecule has 0 unspecified atom stereocenters. The molecule has 1 N–H and O–H groups in total. The van der Waals surface area contributed by atoms with E-state index in [-0.39, 0.29) is 5.75 Å². The van der Waals surface area contributed by atoms with Crippen LogP contribution in [0.2, 0.25) is 0 Å². The molecule has 0 heterocycles. The van der Waals surface area contributed by atoms with E-state index in [0.29, 0.717) is 17.1 Å². The topological polar surface area (TPSA) is 24.5 Å². The van der Waals surface area contributed by atoms with Crippen LogP contribution in [0.1, 0.15) is 43.7 Å². The van der Waals surface area contributed by atoms with Crippen molar-refractivity contribution >= 4 is 23.0 Å². The smallest absolute Gasteiger partial charge is 0.387 e. The molecule has 0 spiro atoms. The average Bonchev–Trinajstić information content (AvgIpc) is 3.46. The molecule has 0 aromatic heterocycles. The molecular weight excluding hydrogens is 366 g/mol. The summed E-state index contributed by atoms with van der Waals surface area (Å²) in [6.45, 7) is 2.29. The molecule has 3 rings (SSSR count). The van der Waals surface area contributed by atoms with E-state index >= 15 is 0 Å². The lowest BCUT2D eigenvalue weighted by Crippen LogP contribution is -2.36. The van der Waals surface area contributed by atoms with Crippen LogP contribution in [-0.2, 0) is 6.54 Å². The first-order chi connectivity index (χ1) is 12.9. The van der Waals surface area contributed by atoms with Crippen LogP contribution in [0.5, 0.6) is 5.75 Å². The Morgan fingerprint density at radius 1 is 1.11 bits per heavy atom. The summed E-state index contributed by atoms with van der Waals surface area (Å²) in [6.07, 6.45) is 2.26. The first-order valence-electron chi connectivity index (χ1n) is 9.13. The molecule has 1 fully saturated rings. The first-order valence-corrected chi connectivity index (χ1v) is 9.54. The fourth-order valence-electron chi connectivity index (χ4n) is 2.87. The molecule has 144 valence electrons. The highest BCUT2D eigenvalue weighted by Gasteiger charge is 2.30. The third-order valence-electron chi connectivity index (χ3n) is 4.58. The summed E-state index contributed by atoms with van der Waals surface area (Å²) in [7, 11) is 0. The lowest BCUT2D eigenvalue weighted by Gasteiger charge is -2.26. The monoisotopic (exact) mass is 390 g/mol. The Morgan fingerprint density at radius 2 is 1.74 bits per heavy atom. The summed E-state index contributed by atoms with van der Waals surface area (Å²) in [5.41, 5.74) is 3.29. The fraction of sp³-hybridized carbons (Fsp3) is 0.381. The highest BCUT2D eigenvalue weighted by atomic mass is 32.1. The predicted octanol–water partition coefficient (Wildman–Crippen LogP) is 5.77. The molecule has 0 bridgehead atoms. The molecule has 3 nitrogen and oxygen atoms in total. The molecule has 27 heavy (non-hydrogen) atoms. The van der Waals surface area contributed by atoms with E-state index < -0.39 is 6.61 Å². The minimum atomic E-state index is -2.82. The van der Waals surface area contributed by atoms with Crippen molar-refractivity contribution in [2.45, 2.75) is 51.8 Å². The van der Waals surface area contributed by atoms with Crippen molar-refractivity contribution in [3.05, 3.63) is 59.7 Å². The fourth-order valence-corrected chi connectivity index (χ4v) is 3.20. The van der Waals surface area contributed by atoms with Gasteiger partial charge in [-0.3, -0.25) is 0 Å². The second-order valence-corrected chi connectivity index (χ2v) is 7.48. The second kappa shape index (κ2) is 8.65. The average molecular weight is 390 g/mol. The van der Waals surface area contributed by atoms with Gasteiger partial charge in [-0.15, -0.1) is 0 Å². The number of alkyl halides is 2. The largest absolute Gasteiger partial charge is 0.435 e. The SMILES string of the molecule is CC(C)c1ccc(CN(C(=S)Nc2ccc(OC(F)F)cc2)C2CC2)cc1. The van der Waals surface area contributed by atoms with Gasteiger partial charge in [0.1, 0.15) is 5.75 Å². The molecule has 1 aliphatic rings. The standard InChI is InChI=1S/C21H24F2N2OS/c1-14(2)16-5-3-15(4-6-16)13-25(18-9-10-18)21(27)24-17-7-11-19(12-8-17)26-20(22)23/h3-8,11-12,14,18,20H,9-10,13H2,1-2H3,(H,24,27). The van der Waals surface area contributed by atoms with Gasteiger partial charge in [-0.1, -0.05) is 38.1 Å². The molecule has 0 amide bonds. The van der Waals surface area contributed by atoms with Crippen molar-refractivity contribution in [2.24, 2.45) is 0 Å². The Kier molecular flexibility index (Phi) is 6.26. The van der Waals surface area contributed by atoms with E-state index in [1.54, 1.807) is 12.1 Å².